The van der Waals surface area contributed by atoms with E-state index in [1.165, 1.54) is 0 Å². The molecule has 0 bridgehead atoms. The molecule has 5 heterocycles. The van der Waals surface area contributed by atoms with Crippen molar-refractivity contribution in [3.05, 3.63) is 116 Å². The Hall–Kier alpha value is -5.03. The molecule has 0 saturated carbocycles. The van der Waals surface area contributed by atoms with Crippen LogP contribution >= 0.6 is 0 Å². The first kappa shape index (κ1) is 19.3. The normalized spacial score (nSPS) is 11.9. The van der Waals surface area contributed by atoms with Crippen molar-refractivity contribution in [1.29, 1.82) is 0 Å². The van der Waals surface area contributed by atoms with Crippen LogP contribution in [0.2, 0.25) is 0 Å². The third-order valence-corrected chi connectivity index (χ3v) is 6.98. The topological polar surface area (TPSA) is 48.5 Å². The van der Waals surface area contributed by atoms with Crippen molar-refractivity contribution in [2.75, 3.05) is 0 Å². The van der Waals surface area contributed by atoms with E-state index in [1.807, 2.05) is 30.6 Å². The molecule has 3 aromatic carbocycles. The van der Waals surface area contributed by atoms with Crippen LogP contribution in [0.5, 0.6) is 0 Å². The summed E-state index contributed by atoms with van der Waals surface area (Å²) < 4.78 is 4.38. The van der Waals surface area contributed by atoms with Crippen molar-refractivity contribution in [2.45, 2.75) is 0 Å². The van der Waals surface area contributed by atoms with Crippen LogP contribution in [0.25, 0.3) is 66.3 Å². The predicted molar refractivity (Wildman–Crippen MR) is 146 cm³/mol. The summed E-state index contributed by atoms with van der Waals surface area (Å²) >= 11 is 0. The lowest BCUT2D eigenvalue weighted by Gasteiger charge is -2.09. The SMILES string of the molecule is c1ccc(-n2c3cccnc3c3cc4c5ccccc5n(-c5cc6ccccc6cn5)c4nc32)cc1. The zero-order chi connectivity index (χ0) is 23.6. The number of rotatable bonds is 2. The maximum absolute atomic E-state index is 5.33. The van der Waals surface area contributed by atoms with Gasteiger partial charge in [-0.05, 0) is 47.9 Å². The zero-order valence-electron chi connectivity index (χ0n) is 19.2. The highest BCUT2D eigenvalue weighted by atomic mass is 15.1. The van der Waals surface area contributed by atoms with Gasteiger partial charge < -0.3 is 0 Å². The lowest BCUT2D eigenvalue weighted by Crippen LogP contribution is -2.00. The van der Waals surface area contributed by atoms with Crippen molar-refractivity contribution in [3.8, 4) is 11.5 Å². The first-order valence-corrected chi connectivity index (χ1v) is 12.0. The predicted octanol–water partition coefficient (Wildman–Crippen LogP) is 7.22. The second-order valence-electron chi connectivity index (χ2n) is 9.02. The fourth-order valence-electron chi connectivity index (χ4n) is 5.38. The summed E-state index contributed by atoms with van der Waals surface area (Å²) in [7, 11) is 0. The van der Waals surface area contributed by atoms with Crippen molar-refractivity contribution < 1.29 is 0 Å². The van der Waals surface area contributed by atoms with Crippen LogP contribution in [0, 0.1) is 0 Å². The second-order valence-corrected chi connectivity index (χ2v) is 9.02. The number of benzene rings is 3. The molecule has 8 aromatic rings. The monoisotopic (exact) mass is 461 g/mol. The number of aromatic nitrogens is 5. The molecule has 0 aliphatic rings. The molecule has 0 radical (unpaired) electrons. The summed E-state index contributed by atoms with van der Waals surface area (Å²) in [6.45, 7) is 0. The summed E-state index contributed by atoms with van der Waals surface area (Å²) in [6.07, 6.45) is 3.79. The zero-order valence-corrected chi connectivity index (χ0v) is 19.2. The van der Waals surface area contributed by atoms with Crippen molar-refractivity contribution >= 4 is 54.8 Å². The highest BCUT2D eigenvalue weighted by Gasteiger charge is 2.20. The van der Waals surface area contributed by atoms with Crippen LogP contribution in [0.4, 0.5) is 0 Å². The highest BCUT2D eigenvalue weighted by Crippen LogP contribution is 2.37. The molecule has 168 valence electrons. The number of fused-ring (bicyclic) bond motifs is 7. The molecule has 5 aromatic heterocycles. The molecular formula is C31H19N5. The van der Waals surface area contributed by atoms with Gasteiger partial charge in [-0.3, -0.25) is 14.1 Å². The Morgan fingerprint density at radius 3 is 2.19 bits per heavy atom. The summed E-state index contributed by atoms with van der Waals surface area (Å²) in [5, 5.41) is 5.54. The Kier molecular flexibility index (Phi) is 3.88. The molecule has 0 atom stereocenters. The van der Waals surface area contributed by atoms with E-state index in [2.05, 4.69) is 94.1 Å². The number of hydrogen-bond acceptors (Lipinski definition) is 3. The molecule has 36 heavy (non-hydrogen) atoms. The van der Waals surface area contributed by atoms with Gasteiger partial charge in [-0.2, -0.15) is 0 Å². The average molecular weight is 462 g/mol. The minimum absolute atomic E-state index is 0.854. The Morgan fingerprint density at radius 1 is 0.528 bits per heavy atom. The van der Waals surface area contributed by atoms with Crippen LogP contribution < -0.4 is 0 Å². The van der Waals surface area contributed by atoms with Crippen molar-refractivity contribution in [3.63, 3.8) is 0 Å². The fraction of sp³-hybridized carbons (Fsp3) is 0. The van der Waals surface area contributed by atoms with E-state index in [1.54, 1.807) is 0 Å². The highest BCUT2D eigenvalue weighted by molar-refractivity contribution is 6.15. The minimum Gasteiger partial charge on any atom is -0.292 e. The van der Waals surface area contributed by atoms with Crippen molar-refractivity contribution in [1.82, 2.24) is 24.1 Å². The Balaban J connectivity index is 1.55. The van der Waals surface area contributed by atoms with Gasteiger partial charge in [0.05, 0.1) is 16.6 Å². The second kappa shape index (κ2) is 7.23. The first-order valence-electron chi connectivity index (χ1n) is 12.0. The smallest absolute Gasteiger partial charge is 0.149 e. The molecule has 0 fully saturated rings. The van der Waals surface area contributed by atoms with Gasteiger partial charge in [-0.15, -0.1) is 0 Å². The fourth-order valence-corrected chi connectivity index (χ4v) is 5.38. The van der Waals surface area contributed by atoms with Gasteiger partial charge in [0.25, 0.3) is 0 Å². The Bertz CT molecular complexity index is 2100. The maximum Gasteiger partial charge on any atom is 0.149 e. The third kappa shape index (κ3) is 2.62. The van der Waals surface area contributed by atoms with E-state index in [4.69, 9.17) is 15.0 Å². The Morgan fingerprint density at radius 2 is 1.28 bits per heavy atom. The number of nitrogens with zero attached hydrogens (tertiary/aromatic N) is 5. The molecule has 0 N–H and O–H groups in total. The summed E-state index contributed by atoms with van der Waals surface area (Å²) in [5.41, 5.74) is 5.89. The lowest BCUT2D eigenvalue weighted by atomic mass is 10.1. The van der Waals surface area contributed by atoms with E-state index in [0.717, 1.165) is 66.3 Å². The molecular weight excluding hydrogens is 442 g/mol. The van der Waals surface area contributed by atoms with Crippen LogP contribution in [0.15, 0.2) is 116 Å². The van der Waals surface area contributed by atoms with E-state index in [0.29, 0.717) is 0 Å². The van der Waals surface area contributed by atoms with E-state index >= 15 is 0 Å². The van der Waals surface area contributed by atoms with Crippen LogP contribution in [-0.2, 0) is 0 Å². The molecule has 5 nitrogen and oxygen atoms in total. The van der Waals surface area contributed by atoms with Crippen LogP contribution in [-0.4, -0.2) is 24.1 Å². The van der Waals surface area contributed by atoms with Gasteiger partial charge in [0.1, 0.15) is 17.1 Å². The summed E-state index contributed by atoms with van der Waals surface area (Å²) in [6, 6.07) is 35.6. The average Bonchev–Trinajstić information content (AvgIpc) is 3.44. The lowest BCUT2D eigenvalue weighted by molar-refractivity contribution is 1.06. The van der Waals surface area contributed by atoms with Gasteiger partial charge in [0, 0.05) is 39.6 Å². The number of para-hydroxylation sites is 2. The maximum atomic E-state index is 5.33. The van der Waals surface area contributed by atoms with Crippen LogP contribution in [0.1, 0.15) is 0 Å². The number of pyridine rings is 3. The summed E-state index contributed by atoms with van der Waals surface area (Å²) in [4.78, 5) is 14.9. The molecule has 0 unspecified atom stereocenters. The van der Waals surface area contributed by atoms with Gasteiger partial charge in [-0.1, -0.05) is 60.7 Å². The van der Waals surface area contributed by atoms with E-state index in [-0.39, 0.29) is 0 Å². The van der Waals surface area contributed by atoms with Gasteiger partial charge in [-0.25, -0.2) is 9.97 Å². The molecule has 0 aliphatic heterocycles. The standard InChI is InChI=1S/C31H19N5/c1-2-11-22(12-3-1)35-27-15-8-16-32-29(27)25-18-24-23-13-6-7-14-26(23)36(30(24)34-31(25)35)28-17-20-9-4-5-10-21(20)19-33-28/h1-19H. The largest absolute Gasteiger partial charge is 0.292 e. The third-order valence-electron chi connectivity index (χ3n) is 6.98. The van der Waals surface area contributed by atoms with E-state index < -0.39 is 0 Å². The molecule has 0 amide bonds. The van der Waals surface area contributed by atoms with Crippen molar-refractivity contribution in [2.24, 2.45) is 0 Å². The first-order chi connectivity index (χ1) is 17.9. The van der Waals surface area contributed by atoms with Crippen LogP contribution in [0.3, 0.4) is 0 Å². The van der Waals surface area contributed by atoms with E-state index in [9.17, 15) is 0 Å². The summed E-state index contributed by atoms with van der Waals surface area (Å²) in [5.74, 6) is 0.854. The van der Waals surface area contributed by atoms with Gasteiger partial charge in [0.15, 0.2) is 0 Å². The minimum atomic E-state index is 0.854. The molecule has 0 spiro atoms. The van der Waals surface area contributed by atoms with Gasteiger partial charge >= 0.3 is 0 Å². The number of hydrogen-bond donors (Lipinski definition) is 0. The quantitative estimate of drug-likeness (QED) is 0.273. The molecule has 0 saturated heterocycles. The Labute approximate surface area is 205 Å². The molecule has 5 heteroatoms. The molecule has 0 aliphatic carbocycles. The van der Waals surface area contributed by atoms with Gasteiger partial charge in [0.2, 0.25) is 0 Å². The molecule has 8 rings (SSSR count).